The van der Waals surface area contributed by atoms with Gasteiger partial charge in [0.15, 0.2) is 0 Å². The van der Waals surface area contributed by atoms with Crippen molar-refractivity contribution in [2.45, 2.75) is 13.0 Å². The summed E-state index contributed by atoms with van der Waals surface area (Å²) in [5, 5.41) is 3.42. The van der Waals surface area contributed by atoms with Crippen molar-refractivity contribution in [3.8, 4) is 0 Å². The topological polar surface area (TPSA) is 24.5 Å². The molecule has 1 heterocycles. The van der Waals surface area contributed by atoms with E-state index in [1.54, 1.807) is 6.07 Å². The molecule has 0 saturated carbocycles. The van der Waals surface area contributed by atoms with Crippen molar-refractivity contribution in [1.29, 1.82) is 0 Å². The lowest BCUT2D eigenvalue weighted by molar-refractivity contribution is 0.0374. The molecule has 2 rings (SSSR count). The third kappa shape index (κ3) is 5.33. The molecule has 1 aromatic rings. The number of nitrogens with one attached hydrogen (secondary N) is 1. The SMILES string of the molecule is Fc1ccc(CNCCCN2CCOCC2)c(I)c1. The molecule has 0 unspecified atom stereocenters. The van der Waals surface area contributed by atoms with Crippen molar-refractivity contribution >= 4 is 22.6 Å². The molecular formula is C14H20FIN2O. The quantitative estimate of drug-likeness (QED) is 0.607. The molecule has 0 atom stereocenters. The van der Waals surface area contributed by atoms with Crippen LogP contribution in [-0.2, 0) is 11.3 Å². The van der Waals surface area contributed by atoms with Crippen LogP contribution >= 0.6 is 22.6 Å². The van der Waals surface area contributed by atoms with Crippen molar-refractivity contribution < 1.29 is 9.13 Å². The van der Waals surface area contributed by atoms with Crippen LogP contribution in [0.4, 0.5) is 4.39 Å². The summed E-state index contributed by atoms with van der Waals surface area (Å²) in [6, 6.07) is 4.95. The molecular weight excluding hydrogens is 358 g/mol. The maximum Gasteiger partial charge on any atom is 0.124 e. The number of ether oxygens (including phenoxy) is 1. The average molecular weight is 378 g/mol. The van der Waals surface area contributed by atoms with Crippen LogP contribution in [-0.4, -0.2) is 44.3 Å². The van der Waals surface area contributed by atoms with Gasteiger partial charge in [-0.05, 0) is 59.8 Å². The molecule has 0 radical (unpaired) electrons. The maximum absolute atomic E-state index is 13.0. The zero-order valence-corrected chi connectivity index (χ0v) is 13.2. The lowest BCUT2D eigenvalue weighted by Gasteiger charge is -2.26. The fraction of sp³-hybridized carbons (Fsp3) is 0.571. The number of morpholine rings is 1. The molecule has 1 saturated heterocycles. The summed E-state index contributed by atoms with van der Waals surface area (Å²) in [6.45, 7) is 6.75. The Bertz CT molecular complexity index is 397. The van der Waals surface area contributed by atoms with Crippen LogP contribution < -0.4 is 5.32 Å². The van der Waals surface area contributed by atoms with Gasteiger partial charge in [0.05, 0.1) is 13.2 Å². The second-order valence-electron chi connectivity index (χ2n) is 4.72. The lowest BCUT2D eigenvalue weighted by Crippen LogP contribution is -2.37. The first-order valence-electron chi connectivity index (χ1n) is 6.70. The number of rotatable bonds is 6. The zero-order valence-electron chi connectivity index (χ0n) is 11.0. The third-order valence-corrected chi connectivity index (χ3v) is 4.27. The lowest BCUT2D eigenvalue weighted by atomic mass is 10.2. The molecule has 1 aliphatic rings. The van der Waals surface area contributed by atoms with E-state index in [0.717, 1.165) is 61.5 Å². The van der Waals surface area contributed by atoms with Crippen LogP contribution in [0.25, 0.3) is 0 Å². The summed E-state index contributed by atoms with van der Waals surface area (Å²) < 4.78 is 19.3. The van der Waals surface area contributed by atoms with E-state index in [1.165, 1.54) is 6.07 Å². The first-order chi connectivity index (χ1) is 9.25. The number of hydrogen-bond donors (Lipinski definition) is 1. The highest BCUT2D eigenvalue weighted by atomic mass is 127. The first-order valence-corrected chi connectivity index (χ1v) is 7.78. The zero-order chi connectivity index (χ0) is 13.5. The fourth-order valence-electron chi connectivity index (χ4n) is 2.14. The number of nitrogens with zero attached hydrogens (tertiary/aromatic N) is 1. The van der Waals surface area contributed by atoms with E-state index in [2.05, 4.69) is 32.8 Å². The highest BCUT2D eigenvalue weighted by Gasteiger charge is 2.09. The van der Waals surface area contributed by atoms with Crippen molar-refractivity contribution in [2.75, 3.05) is 39.4 Å². The molecule has 1 N–H and O–H groups in total. The highest BCUT2D eigenvalue weighted by Crippen LogP contribution is 2.13. The second kappa shape index (κ2) is 8.14. The van der Waals surface area contributed by atoms with E-state index in [9.17, 15) is 4.39 Å². The van der Waals surface area contributed by atoms with Crippen LogP contribution in [0.15, 0.2) is 18.2 Å². The van der Waals surface area contributed by atoms with E-state index < -0.39 is 0 Å². The monoisotopic (exact) mass is 378 g/mol. The van der Waals surface area contributed by atoms with Gasteiger partial charge in [0.1, 0.15) is 5.82 Å². The van der Waals surface area contributed by atoms with Crippen LogP contribution in [0, 0.1) is 9.39 Å². The van der Waals surface area contributed by atoms with E-state index in [0.29, 0.717) is 0 Å². The molecule has 19 heavy (non-hydrogen) atoms. The highest BCUT2D eigenvalue weighted by molar-refractivity contribution is 14.1. The molecule has 1 aliphatic heterocycles. The number of benzene rings is 1. The molecule has 0 spiro atoms. The van der Waals surface area contributed by atoms with Gasteiger partial charge in [-0.3, -0.25) is 4.90 Å². The van der Waals surface area contributed by atoms with Gasteiger partial charge in [0.2, 0.25) is 0 Å². The summed E-state index contributed by atoms with van der Waals surface area (Å²) >= 11 is 2.18. The largest absolute Gasteiger partial charge is 0.379 e. The summed E-state index contributed by atoms with van der Waals surface area (Å²) in [6.07, 6.45) is 1.14. The molecule has 0 bridgehead atoms. The first kappa shape index (κ1) is 15.2. The molecule has 1 aromatic carbocycles. The van der Waals surface area contributed by atoms with E-state index in [1.807, 2.05) is 6.07 Å². The van der Waals surface area contributed by atoms with Crippen molar-refractivity contribution in [3.63, 3.8) is 0 Å². The van der Waals surface area contributed by atoms with Gasteiger partial charge in [0, 0.05) is 23.2 Å². The van der Waals surface area contributed by atoms with E-state index in [4.69, 9.17) is 4.74 Å². The fourth-order valence-corrected chi connectivity index (χ4v) is 2.81. The van der Waals surface area contributed by atoms with E-state index in [-0.39, 0.29) is 5.82 Å². The smallest absolute Gasteiger partial charge is 0.124 e. The summed E-state index contributed by atoms with van der Waals surface area (Å²) in [7, 11) is 0. The summed E-state index contributed by atoms with van der Waals surface area (Å²) in [5.41, 5.74) is 1.16. The minimum atomic E-state index is -0.166. The molecule has 0 aromatic heterocycles. The predicted molar refractivity (Wildman–Crippen MR) is 82.7 cm³/mol. The molecule has 0 aliphatic carbocycles. The van der Waals surface area contributed by atoms with Crippen LogP contribution in [0.5, 0.6) is 0 Å². The maximum atomic E-state index is 13.0. The Morgan fingerprint density at radius 3 is 2.84 bits per heavy atom. The average Bonchev–Trinajstić information content (AvgIpc) is 2.42. The molecule has 106 valence electrons. The molecule has 1 fully saturated rings. The van der Waals surface area contributed by atoms with Crippen LogP contribution in [0.2, 0.25) is 0 Å². The minimum Gasteiger partial charge on any atom is -0.379 e. The minimum absolute atomic E-state index is 0.166. The number of halogens is 2. The Hall–Kier alpha value is -0.240. The Balaban J connectivity index is 1.61. The standard InChI is InChI=1S/C14H20FIN2O/c15-13-3-2-12(14(16)10-13)11-17-4-1-5-18-6-8-19-9-7-18/h2-3,10,17H,1,4-9,11H2. The summed E-state index contributed by atoms with van der Waals surface area (Å²) in [4.78, 5) is 2.44. The normalized spacial score (nSPS) is 16.7. The van der Waals surface area contributed by atoms with Crippen LogP contribution in [0.1, 0.15) is 12.0 Å². The Labute approximate surface area is 127 Å². The Kier molecular flexibility index (Phi) is 6.49. The molecule has 0 amide bonds. The predicted octanol–water partition coefficient (Wildman–Crippen LogP) is 2.24. The van der Waals surface area contributed by atoms with Gasteiger partial charge in [0.25, 0.3) is 0 Å². The van der Waals surface area contributed by atoms with Crippen molar-refractivity contribution in [3.05, 3.63) is 33.1 Å². The Morgan fingerprint density at radius 1 is 1.32 bits per heavy atom. The molecule has 5 heteroatoms. The van der Waals surface area contributed by atoms with Crippen molar-refractivity contribution in [2.24, 2.45) is 0 Å². The van der Waals surface area contributed by atoms with E-state index >= 15 is 0 Å². The number of hydrogen-bond acceptors (Lipinski definition) is 3. The van der Waals surface area contributed by atoms with Gasteiger partial charge in [-0.15, -0.1) is 0 Å². The van der Waals surface area contributed by atoms with Gasteiger partial charge in [-0.2, -0.15) is 0 Å². The van der Waals surface area contributed by atoms with Gasteiger partial charge >= 0.3 is 0 Å². The van der Waals surface area contributed by atoms with Gasteiger partial charge in [-0.25, -0.2) is 4.39 Å². The summed E-state index contributed by atoms with van der Waals surface area (Å²) in [5.74, 6) is -0.166. The van der Waals surface area contributed by atoms with Gasteiger partial charge < -0.3 is 10.1 Å². The molecule has 3 nitrogen and oxygen atoms in total. The van der Waals surface area contributed by atoms with Gasteiger partial charge in [-0.1, -0.05) is 6.07 Å². The van der Waals surface area contributed by atoms with Crippen LogP contribution in [0.3, 0.4) is 0 Å². The third-order valence-electron chi connectivity index (χ3n) is 3.26. The second-order valence-corrected chi connectivity index (χ2v) is 5.88. The Morgan fingerprint density at radius 2 is 2.11 bits per heavy atom. The van der Waals surface area contributed by atoms with Crippen molar-refractivity contribution in [1.82, 2.24) is 10.2 Å².